The molecule has 0 radical (unpaired) electrons. The van der Waals surface area contributed by atoms with Gasteiger partial charge in [0.15, 0.2) is 0 Å². The third-order valence-electron chi connectivity index (χ3n) is 2.67. The van der Waals surface area contributed by atoms with E-state index < -0.39 is 0 Å². The molecule has 1 aromatic carbocycles. The average molecular weight is 332 g/mol. The monoisotopic (exact) mass is 331 g/mol. The smallest absolute Gasteiger partial charge is 0.306 e. The van der Waals surface area contributed by atoms with Crippen LogP contribution in [0.25, 0.3) is 0 Å². The van der Waals surface area contributed by atoms with E-state index >= 15 is 0 Å². The van der Waals surface area contributed by atoms with Gasteiger partial charge in [-0.3, -0.25) is 4.79 Å². The summed E-state index contributed by atoms with van der Waals surface area (Å²) in [6.45, 7) is 2.12. The Bertz CT molecular complexity index is 412. The van der Waals surface area contributed by atoms with Crippen molar-refractivity contribution in [2.75, 3.05) is 19.9 Å². The first-order valence-corrected chi connectivity index (χ1v) is 7.52. The Balaban J connectivity index is 2.73. The maximum absolute atomic E-state index is 11.1. The van der Waals surface area contributed by atoms with E-state index in [1.54, 1.807) is 11.8 Å². The molecule has 0 fully saturated rings. The minimum absolute atomic E-state index is 0.166. The zero-order chi connectivity index (χ0) is 13.5. The maximum atomic E-state index is 11.1. The van der Waals surface area contributed by atoms with Crippen LogP contribution in [0.1, 0.15) is 24.9 Å². The van der Waals surface area contributed by atoms with Gasteiger partial charge >= 0.3 is 5.97 Å². The number of hydrogen-bond acceptors (Lipinski definition) is 4. The molecule has 1 atom stereocenters. The van der Waals surface area contributed by atoms with Crippen LogP contribution in [0.15, 0.2) is 27.6 Å². The van der Waals surface area contributed by atoms with Crippen molar-refractivity contribution >= 4 is 33.7 Å². The van der Waals surface area contributed by atoms with Gasteiger partial charge in [-0.15, -0.1) is 11.8 Å². The zero-order valence-electron chi connectivity index (χ0n) is 10.8. The number of halogens is 1. The number of thioether (sulfide) groups is 1. The normalized spacial score (nSPS) is 12.2. The molecular formula is C13H18BrNO2S. The van der Waals surface area contributed by atoms with Gasteiger partial charge in [0.1, 0.15) is 0 Å². The van der Waals surface area contributed by atoms with Gasteiger partial charge in [0.05, 0.1) is 13.5 Å². The van der Waals surface area contributed by atoms with Gasteiger partial charge in [-0.25, -0.2) is 0 Å². The summed E-state index contributed by atoms with van der Waals surface area (Å²) in [6, 6.07) is 6.52. The van der Waals surface area contributed by atoms with Gasteiger partial charge in [-0.05, 0) is 31.7 Å². The zero-order valence-corrected chi connectivity index (χ0v) is 13.2. The highest BCUT2D eigenvalue weighted by Crippen LogP contribution is 2.30. The molecular weight excluding hydrogens is 314 g/mol. The lowest BCUT2D eigenvalue weighted by molar-refractivity contribution is -0.140. The van der Waals surface area contributed by atoms with E-state index in [2.05, 4.69) is 45.0 Å². The molecule has 0 spiro atoms. The Hall–Kier alpha value is -0.520. The number of hydrogen-bond donors (Lipinski definition) is 1. The molecule has 0 saturated carbocycles. The molecule has 0 aliphatic carbocycles. The lowest BCUT2D eigenvalue weighted by Crippen LogP contribution is -2.13. The number of methoxy groups -OCH3 is 1. The van der Waals surface area contributed by atoms with Crippen LogP contribution in [0.4, 0.5) is 0 Å². The molecule has 5 heteroatoms. The topological polar surface area (TPSA) is 38.3 Å². The third-order valence-corrected chi connectivity index (χ3v) is 4.23. The lowest BCUT2D eigenvalue weighted by atomic mass is 10.1. The highest BCUT2D eigenvalue weighted by atomic mass is 79.9. The summed E-state index contributed by atoms with van der Waals surface area (Å²) in [6.07, 6.45) is 0.432. The van der Waals surface area contributed by atoms with Gasteiger partial charge in [-0.2, -0.15) is 0 Å². The summed E-state index contributed by atoms with van der Waals surface area (Å²) in [5.74, 6) is 0.563. The van der Waals surface area contributed by atoms with E-state index in [-0.39, 0.29) is 5.97 Å². The van der Waals surface area contributed by atoms with E-state index in [4.69, 9.17) is 0 Å². The van der Waals surface area contributed by atoms with Crippen molar-refractivity contribution in [1.82, 2.24) is 5.32 Å². The van der Waals surface area contributed by atoms with E-state index in [1.165, 1.54) is 17.6 Å². The second-order valence-corrected chi connectivity index (χ2v) is 5.92. The van der Waals surface area contributed by atoms with Gasteiger partial charge in [-0.1, -0.05) is 22.0 Å². The SMILES string of the molecule is CNC(C)c1ccc(Br)cc1SCCC(=O)OC. The number of carbonyl (C=O) groups is 1. The Labute approximate surface area is 121 Å². The number of rotatable bonds is 6. The molecule has 0 aliphatic rings. The average Bonchev–Trinajstić information content (AvgIpc) is 2.37. The highest BCUT2D eigenvalue weighted by molar-refractivity contribution is 9.10. The molecule has 0 amide bonds. The Morgan fingerprint density at radius 3 is 2.89 bits per heavy atom. The van der Waals surface area contributed by atoms with Crippen molar-refractivity contribution in [1.29, 1.82) is 0 Å². The molecule has 1 unspecified atom stereocenters. The van der Waals surface area contributed by atoms with E-state index in [9.17, 15) is 4.79 Å². The summed E-state index contributed by atoms with van der Waals surface area (Å²) < 4.78 is 5.69. The van der Waals surface area contributed by atoms with E-state index in [1.807, 2.05) is 13.1 Å². The number of esters is 1. The van der Waals surface area contributed by atoms with Crippen LogP contribution in [0.5, 0.6) is 0 Å². The van der Waals surface area contributed by atoms with Crippen molar-refractivity contribution in [2.45, 2.75) is 24.3 Å². The first kappa shape index (κ1) is 15.5. The fourth-order valence-corrected chi connectivity index (χ4v) is 3.12. The van der Waals surface area contributed by atoms with Crippen molar-refractivity contribution in [2.24, 2.45) is 0 Å². The molecule has 3 nitrogen and oxygen atoms in total. The summed E-state index contributed by atoms with van der Waals surface area (Å²) in [7, 11) is 3.36. The predicted molar refractivity (Wildman–Crippen MR) is 79.0 cm³/mol. The summed E-state index contributed by atoms with van der Waals surface area (Å²) in [5, 5.41) is 3.23. The Morgan fingerprint density at radius 2 is 2.28 bits per heavy atom. The third kappa shape index (κ3) is 4.63. The number of carbonyl (C=O) groups excluding carboxylic acids is 1. The summed E-state index contributed by atoms with van der Waals surface area (Å²) >= 11 is 5.15. The highest BCUT2D eigenvalue weighted by Gasteiger charge is 2.10. The quantitative estimate of drug-likeness (QED) is 0.640. The first-order chi connectivity index (χ1) is 8.58. The van der Waals surface area contributed by atoms with Crippen LogP contribution in [-0.4, -0.2) is 25.9 Å². The molecule has 0 aliphatic heterocycles. The van der Waals surface area contributed by atoms with Crippen LogP contribution in [0.2, 0.25) is 0 Å². The number of ether oxygens (including phenoxy) is 1. The largest absolute Gasteiger partial charge is 0.469 e. The van der Waals surface area contributed by atoms with Crippen LogP contribution in [-0.2, 0) is 9.53 Å². The van der Waals surface area contributed by atoms with Crippen molar-refractivity contribution in [3.63, 3.8) is 0 Å². The molecule has 100 valence electrons. The van der Waals surface area contributed by atoms with Crippen molar-refractivity contribution in [3.05, 3.63) is 28.2 Å². The lowest BCUT2D eigenvalue weighted by Gasteiger charge is -2.15. The van der Waals surface area contributed by atoms with Gasteiger partial charge in [0, 0.05) is 21.2 Å². The van der Waals surface area contributed by atoms with Crippen LogP contribution >= 0.6 is 27.7 Å². The molecule has 18 heavy (non-hydrogen) atoms. The summed E-state index contributed by atoms with van der Waals surface area (Å²) in [5.41, 5.74) is 1.25. The summed E-state index contributed by atoms with van der Waals surface area (Å²) in [4.78, 5) is 12.3. The fraction of sp³-hybridized carbons (Fsp3) is 0.462. The van der Waals surface area contributed by atoms with Crippen LogP contribution in [0.3, 0.4) is 0 Å². The van der Waals surface area contributed by atoms with Gasteiger partial charge in [0.25, 0.3) is 0 Å². The molecule has 0 saturated heterocycles. The molecule has 1 rings (SSSR count). The number of nitrogens with one attached hydrogen (secondary N) is 1. The first-order valence-electron chi connectivity index (χ1n) is 5.74. The van der Waals surface area contributed by atoms with Crippen LogP contribution in [0, 0.1) is 0 Å². The number of benzene rings is 1. The maximum Gasteiger partial charge on any atom is 0.306 e. The van der Waals surface area contributed by atoms with E-state index in [0.717, 1.165) is 10.2 Å². The van der Waals surface area contributed by atoms with Crippen molar-refractivity contribution in [3.8, 4) is 0 Å². The minimum atomic E-state index is -0.166. The van der Waals surface area contributed by atoms with Crippen molar-refractivity contribution < 1.29 is 9.53 Å². The van der Waals surface area contributed by atoms with Gasteiger partial charge < -0.3 is 10.1 Å². The second kappa shape index (κ2) is 7.81. The minimum Gasteiger partial charge on any atom is -0.469 e. The Kier molecular flexibility index (Phi) is 6.75. The predicted octanol–water partition coefficient (Wildman–Crippen LogP) is 3.38. The van der Waals surface area contributed by atoms with Crippen LogP contribution < -0.4 is 5.32 Å². The van der Waals surface area contributed by atoms with E-state index in [0.29, 0.717) is 12.5 Å². The van der Waals surface area contributed by atoms with Gasteiger partial charge in [0.2, 0.25) is 0 Å². The molecule has 0 bridgehead atoms. The molecule has 1 aromatic rings. The standard InChI is InChI=1S/C13H18BrNO2S/c1-9(15-2)11-5-4-10(14)8-12(11)18-7-6-13(16)17-3/h4-5,8-9,15H,6-7H2,1-3H3. The second-order valence-electron chi connectivity index (χ2n) is 3.87. The fourth-order valence-electron chi connectivity index (χ4n) is 1.49. The molecule has 0 aromatic heterocycles. The molecule has 1 N–H and O–H groups in total. The molecule has 0 heterocycles. The Morgan fingerprint density at radius 1 is 1.56 bits per heavy atom.